The monoisotopic (exact) mass is 446 g/mol. The van der Waals surface area contributed by atoms with Gasteiger partial charge in [-0.25, -0.2) is 0 Å². The van der Waals surface area contributed by atoms with Crippen molar-refractivity contribution in [3.8, 4) is 0 Å². The van der Waals surface area contributed by atoms with E-state index in [0.717, 1.165) is 25.7 Å². The molecule has 4 heteroatoms. The van der Waals surface area contributed by atoms with Crippen LogP contribution in [-0.4, -0.2) is 19.4 Å². The predicted octanol–water partition coefficient (Wildman–Crippen LogP) is 9.79. The van der Waals surface area contributed by atoms with Crippen LogP contribution in [0.1, 0.15) is 137 Å². The average molecular weight is 447 g/mol. The van der Waals surface area contributed by atoms with Crippen LogP contribution in [0.2, 0.25) is 0 Å². The molecule has 0 aliphatic heterocycles. The van der Waals surface area contributed by atoms with Gasteiger partial charge in [-0.1, -0.05) is 118 Å². The lowest BCUT2D eigenvalue weighted by atomic mass is 10.0. The van der Waals surface area contributed by atoms with Gasteiger partial charge >= 0.3 is 7.60 Å². The second-order valence-electron chi connectivity index (χ2n) is 9.23. The molecular formula is C26H55O3P. The molecule has 30 heavy (non-hydrogen) atoms. The third kappa shape index (κ3) is 16.8. The van der Waals surface area contributed by atoms with Crippen molar-refractivity contribution in [2.45, 2.75) is 137 Å². The fourth-order valence-corrected chi connectivity index (χ4v) is 5.66. The van der Waals surface area contributed by atoms with E-state index in [-0.39, 0.29) is 0 Å². The number of hydrogen-bond acceptors (Lipinski definition) is 3. The van der Waals surface area contributed by atoms with Crippen LogP contribution in [-0.2, 0) is 13.6 Å². The first kappa shape index (κ1) is 30.1. The van der Waals surface area contributed by atoms with E-state index in [9.17, 15) is 4.57 Å². The highest BCUT2D eigenvalue weighted by Gasteiger charge is 2.26. The molecule has 0 spiro atoms. The Labute approximate surface area is 190 Å². The molecule has 0 N–H and O–H groups in total. The Balaban J connectivity index is 4.55. The normalized spacial score (nSPS) is 15.8. The zero-order valence-electron chi connectivity index (χ0n) is 21.3. The molecule has 0 bridgehead atoms. The molecule has 3 nitrogen and oxygen atoms in total. The average Bonchev–Trinajstić information content (AvgIpc) is 2.76. The van der Waals surface area contributed by atoms with E-state index >= 15 is 0 Å². The Bertz CT molecular complexity index is 376. The van der Waals surface area contributed by atoms with Crippen molar-refractivity contribution in [1.29, 1.82) is 0 Å². The molecule has 0 saturated heterocycles. The molecule has 0 aromatic carbocycles. The maximum atomic E-state index is 13.5. The van der Waals surface area contributed by atoms with Gasteiger partial charge in [0.15, 0.2) is 0 Å². The van der Waals surface area contributed by atoms with Crippen LogP contribution in [0, 0.1) is 11.8 Å². The summed E-state index contributed by atoms with van der Waals surface area (Å²) < 4.78 is 25.7. The topological polar surface area (TPSA) is 35.5 Å². The van der Waals surface area contributed by atoms with E-state index < -0.39 is 7.60 Å². The molecule has 0 fully saturated rings. The minimum absolute atomic E-state index is 0.502. The van der Waals surface area contributed by atoms with E-state index in [1.54, 1.807) is 0 Å². The Hall–Kier alpha value is 0.150. The van der Waals surface area contributed by atoms with E-state index in [1.165, 1.54) is 77.0 Å². The van der Waals surface area contributed by atoms with Crippen LogP contribution in [0.15, 0.2) is 0 Å². The second-order valence-corrected chi connectivity index (χ2v) is 11.4. The summed E-state index contributed by atoms with van der Waals surface area (Å²) in [4.78, 5) is 0. The molecule has 0 radical (unpaired) electrons. The van der Waals surface area contributed by atoms with Gasteiger partial charge in [-0.05, 0) is 31.1 Å². The molecule has 0 aliphatic rings. The quantitative estimate of drug-likeness (QED) is 0.116. The van der Waals surface area contributed by atoms with Crippen LogP contribution in [0.3, 0.4) is 0 Å². The van der Waals surface area contributed by atoms with Crippen LogP contribution in [0.25, 0.3) is 0 Å². The van der Waals surface area contributed by atoms with Gasteiger partial charge in [0.2, 0.25) is 0 Å². The Morgan fingerprint density at radius 2 is 0.967 bits per heavy atom. The Morgan fingerprint density at radius 1 is 0.567 bits per heavy atom. The van der Waals surface area contributed by atoms with Crippen molar-refractivity contribution >= 4 is 7.60 Å². The van der Waals surface area contributed by atoms with Crippen molar-refractivity contribution in [3.05, 3.63) is 0 Å². The van der Waals surface area contributed by atoms with Crippen molar-refractivity contribution in [3.63, 3.8) is 0 Å². The molecule has 2 atom stereocenters. The molecular weight excluding hydrogens is 391 g/mol. The maximum Gasteiger partial charge on any atom is 0.330 e. The largest absolute Gasteiger partial charge is 0.330 e. The van der Waals surface area contributed by atoms with Crippen LogP contribution in [0.4, 0.5) is 0 Å². The molecule has 0 aromatic heterocycles. The highest BCUT2D eigenvalue weighted by Crippen LogP contribution is 2.50. The standard InChI is InChI=1S/C26H55O3P/c1-6-11-14-15-16-17-18-19-22-30(27,28-23-25(9-4)20-12-7-2)29-24-26(10-5)21-13-8-3/h25-26H,6-24H2,1-5H3. The summed E-state index contributed by atoms with van der Waals surface area (Å²) in [6.45, 7) is 12.3. The van der Waals surface area contributed by atoms with Gasteiger partial charge in [0.05, 0.1) is 19.4 Å². The summed E-state index contributed by atoms with van der Waals surface area (Å²) >= 11 is 0. The highest BCUT2D eigenvalue weighted by atomic mass is 31.2. The second kappa shape index (κ2) is 21.0. The van der Waals surface area contributed by atoms with Gasteiger partial charge in [-0.2, -0.15) is 0 Å². The molecule has 2 unspecified atom stereocenters. The molecule has 0 heterocycles. The number of rotatable bonds is 23. The molecule has 0 amide bonds. The summed E-state index contributed by atoms with van der Waals surface area (Å²) in [7, 11) is -2.98. The minimum atomic E-state index is -2.98. The molecule has 0 saturated carbocycles. The SMILES string of the molecule is CCCCCCCCCCP(=O)(OCC(CC)CCCC)OCC(CC)CCCC. The third-order valence-corrected chi connectivity index (χ3v) is 8.33. The van der Waals surface area contributed by atoms with E-state index in [2.05, 4.69) is 34.6 Å². The lowest BCUT2D eigenvalue weighted by molar-refractivity contribution is 0.150. The Kier molecular flexibility index (Phi) is 21.1. The van der Waals surface area contributed by atoms with Crippen LogP contribution in [0.5, 0.6) is 0 Å². The van der Waals surface area contributed by atoms with Crippen molar-refractivity contribution in [2.75, 3.05) is 19.4 Å². The fraction of sp³-hybridized carbons (Fsp3) is 1.00. The van der Waals surface area contributed by atoms with Gasteiger partial charge in [0, 0.05) is 0 Å². The fourth-order valence-electron chi connectivity index (χ4n) is 3.84. The first-order valence-electron chi connectivity index (χ1n) is 13.4. The summed E-state index contributed by atoms with van der Waals surface area (Å²) in [5, 5.41) is 0. The highest BCUT2D eigenvalue weighted by molar-refractivity contribution is 7.53. The first-order valence-corrected chi connectivity index (χ1v) is 15.2. The Morgan fingerprint density at radius 3 is 1.37 bits per heavy atom. The lowest BCUT2D eigenvalue weighted by Crippen LogP contribution is -2.13. The first-order chi connectivity index (χ1) is 14.5. The zero-order valence-corrected chi connectivity index (χ0v) is 22.2. The summed E-state index contributed by atoms with van der Waals surface area (Å²) in [6, 6.07) is 0. The minimum Gasteiger partial charge on any atom is -0.308 e. The maximum absolute atomic E-state index is 13.5. The van der Waals surface area contributed by atoms with Gasteiger partial charge in [-0.3, -0.25) is 4.57 Å². The van der Waals surface area contributed by atoms with Crippen molar-refractivity contribution in [1.82, 2.24) is 0 Å². The van der Waals surface area contributed by atoms with Gasteiger partial charge in [0.25, 0.3) is 0 Å². The molecule has 0 rings (SSSR count). The van der Waals surface area contributed by atoms with E-state index in [0.29, 0.717) is 31.2 Å². The predicted molar refractivity (Wildman–Crippen MR) is 134 cm³/mol. The summed E-state index contributed by atoms with van der Waals surface area (Å²) in [6.07, 6.45) is 19.9. The van der Waals surface area contributed by atoms with Crippen LogP contribution >= 0.6 is 7.60 Å². The van der Waals surface area contributed by atoms with Gasteiger partial charge < -0.3 is 9.05 Å². The van der Waals surface area contributed by atoms with Crippen LogP contribution < -0.4 is 0 Å². The number of unbranched alkanes of at least 4 members (excludes halogenated alkanes) is 9. The van der Waals surface area contributed by atoms with E-state index in [4.69, 9.17) is 9.05 Å². The van der Waals surface area contributed by atoms with Crippen molar-refractivity contribution < 1.29 is 13.6 Å². The van der Waals surface area contributed by atoms with Gasteiger partial charge in [0.1, 0.15) is 0 Å². The summed E-state index contributed by atoms with van der Waals surface area (Å²) in [5.74, 6) is 1.00. The zero-order chi connectivity index (χ0) is 22.5. The lowest BCUT2D eigenvalue weighted by Gasteiger charge is -2.24. The summed E-state index contributed by atoms with van der Waals surface area (Å²) in [5.41, 5.74) is 0. The molecule has 182 valence electrons. The smallest absolute Gasteiger partial charge is 0.308 e. The van der Waals surface area contributed by atoms with Gasteiger partial charge in [-0.15, -0.1) is 0 Å². The van der Waals surface area contributed by atoms with E-state index in [1.807, 2.05) is 0 Å². The molecule has 0 aliphatic carbocycles. The number of hydrogen-bond donors (Lipinski definition) is 0. The molecule has 0 aromatic rings. The van der Waals surface area contributed by atoms with Crippen molar-refractivity contribution in [2.24, 2.45) is 11.8 Å². The third-order valence-electron chi connectivity index (χ3n) is 6.39.